The van der Waals surface area contributed by atoms with Crippen LogP contribution in [-0.4, -0.2) is 36.5 Å². The second-order valence-corrected chi connectivity index (χ2v) is 4.70. The highest BCUT2D eigenvalue weighted by molar-refractivity contribution is 5.85. The smallest absolute Gasteiger partial charge is 0.416 e. The van der Waals surface area contributed by atoms with Gasteiger partial charge in [0.1, 0.15) is 5.75 Å². The van der Waals surface area contributed by atoms with E-state index in [1.165, 1.54) is 12.1 Å². The third-order valence-electron chi connectivity index (χ3n) is 3.12. The van der Waals surface area contributed by atoms with Crippen molar-refractivity contribution in [2.45, 2.75) is 18.6 Å². The molecule has 1 aromatic carbocycles. The first-order valence-electron chi connectivity index (χ1n) is 6.19. The van der Waals surface area contributed by atoms with Crippen molar-refractivity contribution in [2.24, 2.45) is 5.73 Å². The Hall–Kier alpha value is -1.47. The molecule has 2 rings (SSSR count). The summed E-state index contributed by atoms with van der Waals surface area (Å²) in [5, 5.41) is 0. The van der Waals surface area contributed by atoms with Crippen molar-refractivity contribution in [1.29, 1.82) is 0 Å². The minimum absolute atomic E-state index is 0. The summed E-state index contributed by atoms with van der Waals surface area (Å²) in [6.07, 6.45) is -3.62. The molecule has 1 heterocycles. The number of benzene rings is 1. The Bertz CT molecular complexity index is 479. The SMILES string of the molecule is Cl.NC1CCN(C(=O)COc2ccc(C(F)(F)F)cc2)C1. The molecule has 0 saturated carbocycles. The average molecular weight is 325 g/mol. The molecule has 1 amide bonds. The van der Waals surface area contributed by atoms with Crippen LogP contribution in [0.25, 0.3) is 0 Å². The first kappa shape index (κ1) is 17.6. The highest BCUT2D eigenvalue weighted by Gasteiger charge is 2.30. The minimum atomic E-state index is -4.37. The quantitative estimate of drug-likeness (QED) is 0.926. The zero-order chi connectivity index (χ0) is 14.8. The average Bonchev–Trinajstić information content (AvgIpc) is 2.82. The Balaban J connectivity index is 0.00000220. The van der Waals surface area contributed by atoms with Crippen molar-refractivity contribution < 1.29 is 22.7 Å². The number of nitrogens with two attached hydrogens (primary N) is 1. The molecule has 118 valence electrons. The molecular weight excluding hydrogens is 309 g/mol. The maximum atomic E-state index is 12.4. The van der Waals surface area contributed by atoms with Crippen LogP contribution >= 0.6 is 12.4 Å². The predicted octanol–water partition coefficient (Wildman–Crippen LogP) is 2.07. The number of carbonyl (C=O) groups is 1. The van der Waals surface area contributed by atoms with Gasteiger partial charge in [-0.15, -0.1) is 12.4 Å². The fourth-order valence-electron chi connectivity index (χ4n) is 1.99. The van der Waals surface area contributed by atoms with Crippen LogP contribution in [-0.2, 0) is 11.0 Å². The van der Waals surface area contributed by atoms with Crippen molar-refractivity contribution in [1.82, 2.24) is 4.90 Å². The topological polar surface area (TPSA) is 55.6 Å². The summed E-state index contributed by atoms with van der Waals surface area (Å²) in [6.45, 7) is 0.893. The first-order valence-corrected chi connectivity index (χ1v) is 6.19. The fraction of sp³-hybridized carbons (Fsp3) is 0.462. The van der Waals surface area contributed by atoms with Gasteiger partial charge in [0.15, 0.2) is 6.61 Å². The third-order valence-corrected chi connectivity index (χ3v) is 3.12. The molecule has 1 atom stereocenters. The molecule has 21 heavy (non-hydrogen) atoms. The van der Waals surface area contributed by atoms with Gasteiger partial charge in [0.05, 0.1) is 5.56 Å². The number of rotatable bonds is 3. The summed E-state index contributed by atoms with van der Waals surface area (Å²) in [5.41, 5.74) is 4.94. The van der Waals surface area contributed by atoms with Gasteiger partial charge < -0.3 is 15.4 Å². The summed E-state index contributed by atoms with van der Waals surface area (Å²) >= 11 is 0. The molecule has 0 spiro atoms. The van der Waals surface area contributed by atoms with E-state index >= 15 is 0 Å². The van der Waals surface area contributed by atoms with Gasteiger partial charge in [0.2, 0.25) is 0 Å². The van der Waals surface area contributed by atoms with Gasteiger partial charge in [-0.3, -0.25) is 4.79 Å². The number of hydrogen-bond donors (Lipinski definition) is 1. The Labute approximate surface area is 126 Å². The zero-order valence-corrected chi connectivity index (χ0v) is 11.9. The lowest BCUT2D eigenvalue weighted by Crippen LogP contribution is -2.35. The van der Waals surface area contributed by atoms with E-state index in [1.54, 1.807) is 4.90 Å². The first-order chi connectivity index (χ1) is 9.36. The number of carbonyl (C=O) groups excluding carboxylic acids is 1. The van der Waals surface area contributed by atoms with Gasteiger partial charge in [0.25, 0.3) is 5.91 Å². The van der Waals surface area contributed by atoms with E-state index < -0.39 is 11.7 Å². The molecule has 0 aromatic heterocycles. The van der Waals surface area contributed by atoms with Crippen LogP contribution in [0.4, 0.5) is 13.2 Å². The summed E-state index contributed by atoms with van der Waals surface area (Å²) in [6, 6.07) is 4.24. The lowest BCUT2D eigenvalue weighted by Gasteiger charge is -2.16. The van der Waals surface area contributed by atoms with E-state index in [-0.39, 0.29) is 36.7 Å². The number of alkyl halides is 3. The molecule has 0 aliphatic carbocycles. The van der Waals surface area contributed by atoms with Crippen LogP contribution in [0.15, 0.2) is 24.3 Å². The lowest BCUT2D eigenvalue weighted by molar-refractivity contribution is -0.137. The monoisotopic (exact) mass is 324 g/mol. The minimum Gasteiger partial charge on any atom is -0.484 e. The van der Waals surface area contributed by atoms with E-state index in [4.69, 9.17) is 10.5 Å². The molecule has 1 aliphatic rings. The zero-order valence-electron chi connectivity index (χ0n) is 11.1. The number of halogens is 4. The summed E-state index contributed by atoms with van der Waals surface area (Å²) < 4.78 is 42.3. The molecule has 1 saturated heterocycles. The second-order valence-electron chi connectivity index (χ2n) is 4.70. The van der Waals surface area contributed by atoms with Crippen LogP contribution < -0.4 is 10.5 Å². The van der Waals surface area contributed by atoms with Crippen LogP contribution in [0, 0.1) is 0 Å². The maximum absolute atomic E-state index is 12.4. The fourth-order valence-corrected chi connectivity index (χ4v) is 1.99. The van der Waals surface area contributed by atoms with E-state index in [1.807, 2.05) is 0 Å². The van der Waals surface area contributed by atoms with Crippen LogP contribution in [0.2, 0.25) is 0 Å². The predicted molar refractivity (Wildman–Crippen MR) is 73.4 cm³/mol. The van der Waals surface area contributed by atoms with E-state index in [9.17, 15) is 18.0 Å². The molecule has 1 aliphatic heterocycles. The van der Waals surface area contributed by atoms with E-state index in [0.717, 1.165) is 18.6 Å². The highest BCUT2D eigenvalue weighted by atomic mass is 35.5. The van der Waals surface area contributed by atoms with Gasteiger partial charge in [-0.2, -0.15) is 13.2 Å². The molecule has 0 bridgehead atoms. The molecule has 1 unspecified atom stereocenters. The molecule has 4 nitrogen and oxygen atoms in total. The van der Waals surface area contributed by atoms with Crippen molar-refractivity contribution >= 4 is 18.3 Å². The van der Waals surface area contributed by atoms with E-state index in [2.05, 4.69) is 0 Å². The van der Waals surface area contributed by atoms with Crippen molar-refractivity contribution in [3.05, 3.63) is 29.8 Å². The Morgan fingerprint density at radius 2 is 1.95 bits per heavy atom. The van der Waals surface area contributed by atoms with Crippen LogP contribution in [0.3, 0.4) is 0 Å². The van der Waals surface area contributed by atoms with Gasteiger partial charge in [-0.1, -0.05) is 0 Å². The largest absolute Gasteiger partial charge is 0.484 e. The highest BCUT2D eigenvalue weighted by Crippen LogP contribution is 2.30. The third kappa shape index (κ3) is 4.78. The number of amides is 1. The molecule has 0 radical (unpaired) electrons. The summed E-state index contributed by atoms with van der Waals surface area (Å²) in [4.78, 5) is 13.3. The number of hydrogen-bond acceptors (Lipinski definition) is 3. The van der Waals surface area contributed by atoms with Crippen LogP contribution in [0.1, 0.15) is 12.0 Å². The Morgan fingerprint density at radius 1 is 1.33 bits per heavy atom. The van der Waals surface area contributed by atoms with Crippen molar-refractivity contribution in [2.75, 3.05) is 19.7 Å². The Morgan fingerprint density at radius 3 is 2.43 bits per heavy atom. The summed E-state index contributed by atoms with van der Waals surface area (Å²) in [7, 11) is 0. The number of likely N-dealkylation sites (tertiary alicyclic amines) is 1. The molecule has 1 fully saturated rings. The van der Waals surface area contributed by atoms with Gasteiger partial charge in [-0.25, -0.2) is 0 Å². The normalized spacial score (nSPS) is 18.3. The van der Waals surface area contributed by atoms with E-state index in [0.29, 0.717) is 13.1 Å². The number of ether oxygens (including phenoxy) is 1. The lowest BCUT2D eigenvalue weighted by atomic mass is 10.2. The van der Waals surface area contributed by atoms with Crippen molar-refractivity contribution in [3.8, 4) is 5.75 Å². The van der Waals surface area contributed by atoms with Gasteiger partial charge in [-0.05, 0) is 30.7 Å². The second kappa shape index (κ2) is 7.00. The molecular formula is C13H16ClF3N2O2. The van der Waals surface area contributed by atoms with Gasteiger partial charge >= 0.3 is 6.18 Å². The standard InChI is InChI=1S/C13H15F3N2O2.ClH/c14-13(15,16)9-1-3-11(4-2-9)20-8-12(19)18-6-5-10(17)7-18;/h1-4,10H,5-8,17H2;1H. The molecule has 8 heteroatoms. The Kier molecular flexibility index (Phi) is 5.86. The molecule has 2 N–H and O–H groups in total. The number of nitrogens with zero attached hydrogens (tertiary/aromatic N) is 1. The van der Waals surface area contributed by atoms with Crippen molar-refractivity contribution in [3.63, 3.8) is 0 Å². The summed E-state index contributed by atoms with van der Waals surface area (Å²) in [5.74, 6) is 0.0210. The van der Waals surface area contributed by atoms with Crippen LogP contribution in [0.5, 0.6) is 5.75 Å². The molecule has 1 aromatic rings. The van der Waals surface area contributed by atoms with Gasteiger partial charge in [0, 0.05) is 19.1 Å². The maximum Gasteiger partial charge on any atom is 0.416 e.